The zero-order valence-corrected chi connectivity index (χ0v) is 5.51. The number of hydrogen-bond donors (Lipinski definition) is 4. The highest BCUT2D eigenvalue weighted by Gasteiger charge is 2.39. The van der Waals surface area contributed by atoms with Crippen LogP contribution < -0.4 is 0 Å². The second-order valence-electron chi connectivity index (χ2n) is 2.04. The molecule has 3 unspecified atom stereocenters. The molecule has 0 rings (SSSR count). The lowest BCUT2D eigenvalue weighted by atomic mass is 10.1. The van der Waals surface area contributed by atoms with Crippen molar-refractivity contribution in [1.29, 1.82) is 0 Å². The quantitative estimate of drug-likeness (QED) is 0.349. The van der Waals surface area contributed by atoms with Gasteiger partial charge in [-0.1, -0.05) is 0 Å². The van der Waals surface area contributed by atoms with Crippen molar-refractivity contribution in [2.75, 3.05) is 6.61 Å². The summed E-state index contributed by atoms with van der Waals surface area (Å²) in [5, 5.41) is 33.6. The van der Waals surface area contributed by atoms with Crippen molar-refractivity contribution in [3.05, 3.63) is 0 Å². The third-order valence-electron chi connectivity index (χ3n) is 1.13. The largest absolute Gasteiger partial charge is 0.394 e. The number of aldehydes is 1. The second kappa shape index (κ2) is 3.72. The van der Waals surface area contributed by atoms with Crippen molar-refractivity contribution in [3.8, 4) is 0 Å². The van der Waals surface area contributed by atoms with Crippen LogP contribution in [0.2, 0.25) is 0 Å². The molecule has 0 aliphatic carbocycles. The summed E-state index contributed by atoms with van der Waals surface area (Å²) in [6, 6.07) is 0. The fraction of sp³-hybridized carbons (Fsp3) is 0.800. The van der Waals surface area contributed by atoms with E-state index in [0.717, 1.165) is 0 Å². The summed E-state index contributed by atoms with van der Waals surface area (Å²) in [4.78, 5) is 9.71. The molecular formula is C5H9FO5. The van der Waals surface area contributed by atoms with E-state index >= 15 is 0 Å². The van der Waals surface area contributed by atoms with E-state index < -0.39 is 31.0 Å². The topological polar surface area (TPSA) is 98.0 Å². The van der Waals surface area contributed by atoms with E-state index in [0.29, 0.717) is 0 Å². The summed E-state index contributed by atoms with van der Waals surface area (Å²) in [5.74, 6) is -3.51. The van der Waals surface area contributed by atoms with Gasteiger partial charge in [-0.2, -0.15) is 0 Å². The van der Waals surface area contributed by atoms with Gasteiger partial charge < -0.3 is 20.4 Å². The van der Waals surface area contributed by atoms with Gasteiger partial charge in [0.1, 0.15) is 12.2 Å². The van der Waals surface area contributed by atoms with Crippen LogP contribution in [0.5, 0.6) is 0 Å². The van der Waals surface area contributed by atoms with E-state index in [1.54, 1.807) is 0 Å². The molecule has 0 saturated carbocycles. The van der Waals surface area contributed by atoms with Crippen molar-refractivity contribution >= 4 is 6.29 Å². The Bertz CT molecular complexity index is 137. The van der Waals surface area contributed by atoms with Crippen LogP contribution >= 0.6 is 0 Å². The summed E-state index contributed by atoms with van der Waals surface area (Å²) < 4.78 is 12.3. The summed E-state index contributed by atoms with van der Waals surface area (Å²) >= 11 is 0. The molecule has 0 amide bonds. The van der Waals surface area contributed by atoms with Crippen LogP contribution in [0.15, 0.2) is 0 Å². The SMILES string of the molecule is O=CC(O)(F)C(O)C(O)CO. The zero-order chi connectivity index (χ0) is 9.07. The Morgan fingerprint density at radius 1 is 1.55 bits per heavy atom. The van der Waals surface area contributed by atoms with Gasteiger partial charge in [0.2, 0.25) is 0 Å². The number of rotatable bonds is 4. The summed E-state index contributed by atoms with van der Waals surface area (Å²) in [6.07, 6.45) is -4.77. The van der Waals surface area contributed by atoms with E-state index in [4.69, 9.17) is 20.4 Å². The second-order valence-corrected chi connectivity index (χ2v) is 2.04. The predicted octanol–water partition coefficient (Wildman–Crippen LogP) is -2.44. The number of halogens is 1. The molecule has 0 heterocycles. The normalized spacial score (nSPS) is 21.9. The minimum atomic E-state index is -3.51. The molecular weight excluding hydrogens is 159 g/mol. The lowest BCUT2D eigenvalue weighted by Gasteiger charge is -2.22. The standard InChI is InChI=1S/C5H9FO5/c6-5(11,2-8)4(10)3(9)1-7/h2-4,7,9-11H,1H2. The molecule has 0 radical (unpaired) electrons. The third kappa shape index (κ3) is 2.51. The van der Waals surface area contributed by atoms with Gasteiger partial charge in [-0.15, -0.1) is 0 Å². The molecule has 3 atom stereocenters. The number of aliphatic hydroxyl groups is 4. The molecule has 0 aliphatic rings. The zero-order valence-electron chi connectivity index (χ0n) is 5.51. The first kappa shape index (κ1) is 10.4. The minimum absolute atomic E-state index is 0.559. The lowest BCUT2D eigenvalue weighted by Crippen LogP contribution is -2.48. The van der Waals surface area contributed by atoms with Crippen LogP contribution in [-0.4, -0.2) is 51.4 Å². The van der Waals surface area contributed by atoms with E-state index in [9.17, 15) is 9.18 Å². The molecule has 6 heteroatoms. The first-order valence-electron chi connectivity index (χ1n) is 2.80. The molecule has 66 valence electrons. The van der Waals surface area contributed by atoms with Crippen molar-refractivity contribution in [1.82, 2.24) is 0 Å². The van der Waals surface area contributed by atoms with Crippen LogP contribution in [0.25, 0.3) is 0 Å². The first-order valence-corrected chi connectivity index (χ1v) is 2.80. The van der Waals surface area contributed by atoms with Crippen molar-refractivity contribution < 1.29 is 29.6 Å². The van der Waals surface area contributed by atoms with Crippen LogP contribution in [0.4, 0.5) is 4.39 Å². The van der Waals surface area contributed by atoms with Gasteiger partial charge >= 0.3 is 0 Å². The molecule has 0 aliphatic heterocycles. The number of carbonyl (C=O) groups is 1. The Morgan fingerprint density at radius 3 is 2.27 bits per heavy atom. The van der Waals surface area contributed by atoms with Crippen molar-refractivity contribution in [3.63, 3.8) is 0 Å². The van der Waals surface area contributed by atoms with Gasteiger partial charge in [0.25, 0.3) is 5.85 Å². The molecule has 5 nitrogen and oxygen atoms in total. The molecule has 0 aromatic carbocycles. The van der Waals surface area contributed by atoms with Crippen LogP contribution in [0.3, 0.4) is 0 Å². The molecule has 4 N–H and O–H groups in total. The fourth-order valence-corrected chi connectivity index (χ4v) is 0.439. The van der Waals surface area contributed by atoms with Gasteiger partial charge in [0, 0.05) is 0 Å². The Kier molecular flexibility index (Phi) is 3.53. The number of alkyl halides is 1. The summed E-state index contributed by atoms with van der Waals surface area (Å²) in [7, 11) is 0. The maximum Gasteiger partial charge on any atom is 0.291 e. The number of carbonyl (C=O) groups excluding carboxylic acids is 1. The van der Waals surface area contributed by atoms with E-state index in [2.05, 4.69) is 0 Å². The highest BCUT2D eigenvalue weighted by molar-refractivity contribution is 5.60. The average molecular weight is 168 g/mol. The molecule has 0 aromatic heterocycles. The maximum absolute atomic E-state index is 12.3. The third-order valence-corrected chi connectivity index (χ3v) is 1.13. The fourth-order valence-electron chi connectivity index (χ4n) is 0.439. The van der Waals surface area contributed by atoms with Gasteiger partial charge in [0.15, 0.2) is 6.29 Å². The van der Waals surface area contributed by atoms with Gasteiger partial charge in [-0.05, 0) is 0 Å². The number of hydrogen-bond acceptors (Lipinski definition) is 5. The first-order chi connectivity index (χ1) is 4.95. The Hall–Kier alpha value is -0.560. The van der Waals surface area contributed by atoms with Gasteiger partial charge in [0.05, 0.1) is 6.61 Å². The maximum atomic E-state index is 12.3. The average Bonchev–Trinajstić information content (AvgIpc) is 2.01. The monoisotopic (exact) mass is 168 g/mol. The molecule has 0 bridgehead atoms. The Labute approximate surface area is 61.7 Å². The van der Waals surface area contributed by atoms with E-state index in [1.807, 2.05) is 0 Å². The van der Waals surface area contributed by atoms with Crippen LogP contribution in [-0.2, 0) is 4.79 Å². The van der Waals surface area contributed by atoms with E-state index in [1.165, 1.54) is 0 Å². The highest BCUT2D eigenvalue weighted by atomic mass is 19.2. The smallest absolute Gasteiger partial charge is 0.291 e. The highest BCUT2D eigenvalue weighted by Crippen LogP contribution is 2.12. The summed E-state index contributed by atoms with van der Waals surface area (Å²) in [5.41, 5.74) is 0. The molecule has 0 aromatic rings. The Morgan fingerprint density at radius 2 is 2.00 bits per heavy atom. The summed E-state index contributed by atoms with van der Waals surface area (Å²) in [6.45, 7) is -0.943. The molecule has 0 saturated heterocycles. The van der Waals surface area contributed by atoms with Crippen molar-refractivity contribution in [2.24, 2.45) is 0 Å². The van der Waals surface area contributed by atoms with E-state index in [-0.39, 0.29) is 0 Å². The molecule has 0 spiro atoms. The van der Waals surface area contributed by atoms with Crippen LogP contribution in [0, 0.1) is 0 Å². The minimum Gasteiger partial charge on any atom is -0.394 e. The van der Waals surface area contributed by atoms with Crippen LogP contribution in [0.1, 0.15) is 0 Å². The van der Waals surface area contributed by atoms with Crippen molar-refractivity contribution in [2.45, 2.75) is 18.1 Å². The lowest BCUT2D eigenvalue weighted by molar-refractivity contribution is -0.195. The predicted molar refractivity (Wildman–Crippen MR) is 31.2 cm³/mol. The number of aliphatic hydroxyl groups excluding tert-OH is 3. The van der Waals surface area contributed by atoms with Gasteiger partial charge in [-0.3, -0.25) is 4.79 Å². The Balaban J connectivity index is 4.21. The molecule has 0 fully saturated rings. The van der Waals surface area contributed by atoms with Gasteiger partial charge in [-0.25, -0.2) is 4.39 Å². The molecule has 11 heavy (non-hydrogen) atoms.